The molecule has 3 aromatic carbocycles. The van der Waals surface area contributed by atoms with Gasteiger partial charge in [0.25, 0.3) is 15.9 Å². The third-order valence-electron chi connectivity index (χ3n) is 4.47. The molecule has 0 unspecified atom stereocenters. The summed E-state index contributed by atoms with van der Waals surface area (Å²) in [6.45, 7) is 3.74. The van der Waals surface area contributed by atoms with Gasteiger partial charge in [0.05, 0.1) is 10.6 Å². The van der Waals surface area contributed by atoms with Crippen molar-refractivity contribution >= 4 is 27.3 Å². The van der Waals surface area contributed by atoms with E-state index in [4.69, 9.17) is 4.74 Å². The van der Waals surface area contributed by atoms with Crippen LogP contribution in [0.4, 0.5) is 11.4 Å². The van der Waals surface area contributed by atoms with Gasteiger partial charge in [-0.3, -0.25) is 9.10 Å². The van der Waals surface area contributed by atoms with Gasteiger partial charge in [-0.25, -0.2) is 8.42 Å². The number of rotatable bonds is 8. The fourth-order valence-electron chi connectivity index (χ4n) is 2.92. The lowest BCUT2D eigenvalue weighted by Crippen LogP contribution is -2.31. The summed E-state index contributed by atoms with van der Waals surface area (Å²) in [5, 5.41) is 2.74. The quantitative estimate of drug-likeness (QED) is 0.585. The maximum Gasteiger partial charge on any atom is 0.265 e. The molecule has 1 atom stereocenters. The largest absolute Gasteiger partial charge is 0.481 e. The highest BCUT2D eigenvalue weighted by Crippen LogP contribution is 2.24. The van der Waals surface area contributed by atoms with Crippen LogP contribution in [0.2, 0.25) is 0 Å². The molecule has 0 bridgehead atoms. The van der Waals surface area contributed by atoms with E-state index in [1.165, 1.54) is 16.4 Å². The van der Waals surface area contributed by atoms with Gasteiger partial charge in [-0.2, -0.15) is 0 Å². The van der Waals surface area contributed by atoms with Crippen molar-refractivity contribution in [1.82, 2.24) is 0 Å². The Morgan fingerprint density at radius 2 is 1.50 bits per heavy atom. The number of sulfonamides is 1. The molecule has 0 fully saturated rings. The molecule has 0 saturated heterocycles. The molecule has 0 radical (unpaired) electrons. The number of benzene rings is 3. The van der Waals surface area contributed by atoms with E-state index in [0.717, 1.165) is 0 Å². The highest BCUT2D eigenvalue weighted by Gasteiger charge is 2.23. The average Bonchev–Trinajstić information content (AvgIpc) is 2.76. The van der Waals surface area contributed by atoms with Crippen molar-refractivity contribution in [2.75, 3.05) is 16.2 Å². The summed E-state index contributed by atoms with van der Waals surface area (Å²) in [5.41, 5.74) is 1.09. The van der Waals surface area contributed by atoms with E-state index in [2.05, 4.69) is 5.32 Å². The van der Waals surface area contributed by atoms with Crippen LogP contribution in [0, 0.1) is 0 Å². The zero-order chi connectivity index (χ0) is 21.6. The number of amides is 1. The van der Waals surface area contributed by atoms with E-state index < -0.39 is 16.1 Å². The normalized spacial score (nSPS) is 12.1. The molecule has 6 nitrogen and oxygen atoms in total. The third-order valence-corrected chi connectivity index (χ3v) is 6.38. The Balaban J connectivity index is 1.70. The van der Waals surface area contributed by atoms with Crippen LogP contribution >= 0.6 is 0 Å². The van der Waals surface area contributed by atoms with Gasteiger partial charge in [-0.15, -0.1) is 0 Å². The Kier molecular flexibility index (Phi) is 6.74. The van der Waals surface area contributed by atoms with Gasteiger partial charge in [0, 0.05) is 12.2 Å². The van der Waals surface area contributed by atoms with Gasteiger partial charge in [-0.05, 0) is 62.4 Å². The van der Waals surface area contributed by atoms with Crippen molar-refractivity contribution in [3.8, 4) is 5.75 Å². The number of para-hydroxylation sites is 2. The first-order valence-corrected chi connectivity index (χ1v) is 11.1. The second-order valence-corrected chi connectivity index (χ2v) is 8.45. The summed E-state index contributed by atoms with van der Waals surface area (Å²) in [5.74, 6) is 0.274. The zero-order valence-electron chi connectivity index (χ0n) is 16.9. The van der Waals surface area contributed by atoms with Gasteiger partial charge in [0.1, 0.15) is 5.75 Å². The Hall–Kier alpha value is -3.32. The molecule has 1 amide bonds. The smallest absolute Gasteiger partial charge is 0.265 e. The van der Waals surface area contributed by atoms with E-state index in [0.29, 0.717) is 23.7 Å². The summed E-state index contributed by atoms with van der Waals surface area (Å²) < 4.78 is 33.0. The summed E-state index contributed by atoms with van der Waals surface area (Å²) in [6.07, 6.45) is -0.704. The molecule has 0 aliphatic rings. The van der Waals surface area contributed by atoms with Crippen molar-refractivity contribution in [1.29, 1.82) is 0 Å². The SMILES string of the molecule is CCN(c1ccccc1)S(=O)(=O)c1ccc(NC(=O)[C@@H](C)Oc2ccccc2)cc1. The minimum atomic E-state index is -3.71. The molecule has 3 aromatic rings. The number of hydrogen-bond donors (Lipinski definition) is 1. The lowest BCUT2D eigenvalue weighted by atomic mass is 10.3. The van der Waals surface area contributed by atoms with Crippen LogP contribution in [0.1, 0.15) is 13.8 Å². The summed E-state index contributed by atoms with van der Waals surface area (Å²) in [6, 6.07) is 24.1. The number of carbonyl (C=O) groups excluding carboxylic acids is 1. The number of ether oxygens (including phenoxy) is 1. The second-order valence-electron chi connectivity index (χ2n) is 6.59. The molecule has 3 rings (SSSR count). The number of nitrogens with zero attached hydrogens (tertiary/aromatic N) is 1. The van der Waals surface area contributed by atoms with E-state index in [1.54, 1.807) is 62.4 Å². The monoisotopic (exact) mass is 424 g/mol. The van der Waals surface area contributed by atoms with E-state index in [-0.39, 0.29) is 10.8 Å². The van der Waals surface area contributed by atoms with Gasteiger partial charge < -0.3 is 10.1 Å². The van der Waals surface area contributed by atoms with Crippen molar-refractivity contribution in [2.24, 2.45) is 0 Å². The lowest BCUT2D eigenvalue weighted by Gasteiger charge is -2.23. The first-order valence-electron chi connectivity index (χ1n) is 9.62. The van der Waals surface area contributed by atoms with Gasteiger partial charge >= 0.3 is 0 Å². The van der Waals surface area contributed by atoms with Crippen molar-refractivity contribution in [3.63, 3.8) is 0 Å². The van der Waals surface area contributed by atoms with Gasteiger partial charge in [-0.1, -0.05) is 36.4 Å². The molecule has 30 heavy (non-hydrogen) atoms. The van der Waals surface area contributed by atoms with Gasteiger partial charge in [0.2, 0.25) is 0 Å². The lowest BCUT2D eigenvalue weighted by molar-refractivity contribution is -0.122. The van der Waals surface area contributed by atoms with Crippen LogP contribution < -0.4 is 14.4 Å². The molecule has 156 valence electrons. The van der Waals surface area contributed by atoms with E-state index in [1.807, 2.05) is 24.3 Å². The molecule has 0 heterocycles. The minimum Gasteiger partial charge on any atom is -0.481 e. The fourth-order valence-corrected chi connectivity index (χ4v) is 4.40. The van der Waals surface area contributed by atoms with Crippen LogP contribution in [0.5, 0.6) is 5.75 Å². The second kappa shape index (κ2) is 9.45. The Labute approximate surface area is 177 Å². The number of anilines is 2. The van der Waals surface area contributed by atoms with E-state index in [9.17, 15) is 13.2 Å². The average molecular weight is 425 g/mol. The van der Waals surface area contributed by atoms with Crippen LogP contribution in [0.25, 0.3) is 0 Å². The standard InChI is InChI=1S/C23H24N2O4S/c1-3-25(20-10-6-4-7-11-20)30(27,28)22-16-14-19(15-17-22)24-23(26)18(2)29-21-12-8-5-9-13-21/h4-18H,3H2,1-2H3,(H,24,26)/t18-/m1/s1. The molecular weight excluding hydrogens is 400 g/mol. The molecule has 0 spiro atoms. The zero-order valence-corrected chi connectivity index (χ0v) is 17.7. The maximum absolute atomic E-state index is 13.0. The Bertz CT molecular complexity index is 1070. The maximum atomic E-state index is 13.0. The number of hydrogen-bond acceptors (Lipinski definition) is 4. The highest BCUT2D eigenvalue weighted by molar-refractivity contribution is 7.92. The van der Waals surface area contributed by atoms with Crippen molar-refractivity contribution < 1.29 is 17.9 Å². The van der Waals surface area contributed by atoms with Crippen LogP contribution in [0.3, 0.4) is 0 Å². The predicted octanol–water partition coefficient (Wildman–Crippen LogP) is 4.31. The number of nitrogens with one attached hydrogen (secondary N) is 1. The molecule has 1 N–H and O–H groups in total. The minimum absolute atomic E-state index is 0.153. The van der Waals surface area contributed by atoms with Crippen LogP contribution in [-0.4, -0.2) is 27.0 Å². The summed E-state index contributed by atoms with van der Waals surface area (Å²) in [7, 11) is -3.71. The van der Waals surface area contributed by atoms with Crippen molar-refractivity contribution in [3.05, 3.63) is 84.9 Å². The van der Waals surface area contributed by atoms with Crippen LogP contribution in [0.15, 0.2) is 89.8 Å². The highest BCUT2D eigenvalue weighted by atomic mass is 32.2. The first-order chi connectivity index (χ1) is 14.4. The van der Waals surface area contributed by atoms with Crippen LogP contribution in [-0.2, 0) is 14.8 Å². The molecular formula is C23H24N2O4S. The molecule has 0 aliphatic carbocycles. The fraction of sp³-hybridized carbons (Fsp3) is 0.174. The molecule has 0 saturated carbocycles. The Morgan fingerprint density at radius 3 is 2.07 bits per heavy atom. The number of carbonyl (C=O) groups is 1. The first kappa shape index (κ1) is 21.4. The van der Waals surface area contributed by atoms with Gasteiger partial charge in [0.15, 0.2) is 6.10 Å². The molecule has 7 heteroatoms. The Morgan fingerprint density at radius 1 is 0.933 bits per heavy atom. The summed E-state index contributed by atoms with van der Waals surface area (Å²) >= 11 is 0. The topological polar surface area (TPSA) is 75.7 Å². The summed E-state index contributed by atoms with van der Waals surface area (Å²) in [4.78, 5) is 12.5. The van der Waals surface area contributed by atoms with Crippen molar-refractivity contribution in [2.45, 2.75) is 24.8 Å². The molecule has 0 aliphatic heterocycles. The van der Waals surface area contributed by atoms with E-state index >= 15 is 0 Å². The predicted molar refractivity (Wildman–Crippen MR) is 118 cm³/mol. The molecule has 0 aromatic heterocycles. The third kappa shape index (κ3) is 4.99.